The third kappa shape index (κ3) is 4.86. The van der Waals surface area contributed by atoms with Crippen molar-refractivity contribution in [3.8, 4) is 0 Å². The van der Waals surface area contributed by atoms with Crippen LogP contribution in [0.3, 0.4) is 0 Å². The van der Waals surface area contributed by atoms with Crippen LogP contribution in [-0.2, 0) is 30.3 Å². The van der Waals surface area contributed by atoms with E-state index in [9.17, 15) is 24.0 Å². The van der Waals surface area contributed by atoms with Gasteiger partial charge in [0.05, 0.1) is 11.8 Å². The van der Waals surface area contributed by atoms with Crippen LogP contribution in [0.25, 0.3) is 0 Å². The molecule has 1 aliphatic heterocycles. The number of carbonyl (C=O) groups is 5. The number of nitrogens with one attached hydrogen (secondary N) is 2. The van der Waals surface area contributed by atoms with E-state index < -0.39 is 42.3 Å². The minimum Gasteiger partial charge on any atom is -0.454 e. The Hall–Kier alpha value is -3.98. The molecule has 3 aliphatic rings. The first-order chi connectivity index (χ1) is 17.8. The molecule has 2 fully saturated rings. The Kier molecular flexibility index (Phi) is 6.80. The number of nitrogens with zero attached hydrogens (tertiary/aromatic N) is 1. The summed E-state index contributed by atoms with van der Waals surface area (Å²) in [4.78, 5) is 65.2. The number of hydrazine groups is 1. The number of esters is 1. The van der Waals surface area contributed by atoms with Crippen LogP contribution in [0, 0.1) is 23.7 Å². The summed E-state index contributed by atoms with van der Waals surface area (Å²) in [5.41, 5.74) is 5.41. The number of benzene rings is 2. The van der Waals surface area contributed by atoms with Crippen LogP contribution in [0.5, 0.6) is 0 Å². The quantitative estimate of drug-likeness (QED) is 0.249. The molecule has 190 valence electrons. The lowest BCUT2D eigenvalue weighted by molar-refractivity contribution is -0.160. The molecule has 0 aromatic heterocycles. The van der Waals surface area contributed by atoms with Crippen molar-refractivity contribution in [2.75, 3.05) is 6.61 Å². The van der Waals surface area contributed by atoms with Gasteiger partial charge >= 0.3 is 5.97 Å². The number of carbonyl (C=O) groups excluding carboxylic acids is 5. The SMILES string of the molecule is O=C(COC(=O)[C@H](Cc1ccccc1)N1C(=O)[C@H]2[C@H](C1=O)[C@H]1C=C[C@H]2C1)NNC(=O)c1ccc(Cl)cc1. The molecule has 0 spiro atoms. The van der Waals surface area contributed by atoms with Crippen LogP contribution in [-0.4, -0.2) is 47.1 Å². The lowest BCUT2D eigenvalue weighted by atomic mass is 9.85. The van der Waals surface area contributed by atoms with Gasteiger partial charge in [0.15, 0.2) is 6.61 Å². The van der Waals surface area contributed by atoms with Crippen LogP contribution in [0.15, 0.2) is 66.7 Å². The molecule has 2 aromatic rings. The molecule has 5 rings (SSSR count). The highest BCUT2D eigenvalue weighted by Gasteiger charge is 2.61. The number of imide groups is 1. The molecule has 1 heterocycles. The van der Waals surface area contributed by atoms with Crippen molar-refractivity contribution in [2.45, 2.75) is 18.9 Å². The zero-order chi connectivity index (χ0) is 26.1. The number of amides is 4. The summed E-state index contributed by atoms with van der Waals surface area (Å²) in [5, 5.41) is 0.458. The van der Waals surface area contributed by atoms with Crippen molar-refractivity contribution in [2.24, 2.45) is 23.7 Å². The topological polar surface area (TPSA) is 122 Å². The van der Waals surface area contributed by atoms with E-state index in [1.807, 2.05) is 18.2 Å². The van der Waals surface area contributed by atoms with Gasteiger partial charge in [0.2, 0.25) is 11.8 Å². The number of halogens is 1. The maximum Gasteiger partial charge on any atom is 0.330 e. The molecular weight excluding hydrogens is 498 g/mol. The molecule has 1 saturated carbocycles. The van der Waals surface area contributed by atoms with E-state index in [0.717, 1.165) is 16.9 Å². The number of likely N-dealkylation sites (tertiary alicyclic amines) is 1. The molecule has 0 radical (unpaired) electrons. The first kappa shape index (κ1) is 24.7. The van der Waals surface area contributed by atoms with Crippen LogP contribution in [0.2, 0.25) is 5.02 Å². The second-order valence-electron chi connectivity index (χ2n) is 9.37. The zero-order valence-corrected chi connectivity index (χ0v) is 20.4. The standard InChI is InChI=1S/C27H24ClN3O6/c28-19-10-8-16(9-11-19)24(33)30-29-21(32)14-37-27(36)20(12-15-4-2-1-3-5-15)31-25(34)22-17-6-7-18(13-17)23(22)26(31)35/h1-11,17-18,20,22-23H,12-14H2,(H,29,32)(H,30,33)/t17-,18-,20-,22+,23+/m0/s1. The van der Waals surface area contributed by atoms with E-state index in [4.69, 9.17) is 16.3 Å². The predicted octanol–water partition coefficient (Wildman–Crippen LogP) is 2.06. The van der Waals surface area contributed by atoms with E-state index >= 15 is 0 Å². The molecule has 1 saturated heterocycles. The minimum absolute atomic E-state index is 0.000116. The molecular formula is C27H24ClN3O6. The van der Waals surface area contributed by atoms with E-state index in [0.29, 0.717) is 5.02 Å². The molecule has 4 amide bonds. The summed E-state index contributed by atoms with van der Waals surface area (Å²) in [6.07, 6.45) is 4.80. The van der Waals surface area contributed by atoms with Gasteiger partial charge in [0.1, 0.15) is 6.04 Å². The minimum atomic E-state index is -1.20. The zero-order valence-electron chi connectivity index (χ0n) is 19.6. The highest BCUT2D eigenvalue weighted by molar-refractivity contribution is 6.30. The third-order valence-corrected chi connectivity index (χ3v) is 7.38. The lowest BCUT2D eigenvalue weighted by Gasteiger charge is -2.26. The van der Waals surface area contributed by atoms with E-state index in [2.05, 4.69) is 10.9 Å². The van der Waals surface area contributed by atoms with Gasteiger partial charge in [-0.25, -0.2) is 4.79 Å². The van der Waals surface area contributed by atoms with E-state index in [1.165, 1.54) is 24.3 Å². The largest absolute Gasteiger partial charge is 0.454 e. The molecule has 9 nitrogen and oxygen atoms in total. The Morgan fingerprint density at radius 3 is 2.16 bits per heavy atom. The lowest BCUT2D eigenvalue weighted by Crippen LogP contribution is -2.49. The summed E-state index contributed by atoms with van der Waals surface area (Å²) >= 11 is 5.80. The fourth-order valence-corrected chi connectivity index (χ4v) is 5.54. The maximum absolute atomic E-state index is 13.3. The average Bonchev–Trinajstić information content (AvgIpc) is 3.59. The summed E-state index contributed by atoms with van der Waals surface area (Å²) < 4.78 is 5.21. The van der Waals surface area contributed by atoms with Crippen molar-refractivity contribution < 1.29 is 28.7 Å². The van der Waals surface area contributed by atoms with Gasteiger partial charge < -0.3 is 4.74 Å². The van der Waals surface area contributed by atoms with Gasteiger partial charge in [-0.15, -0.1) is 0 Å². The van der Waals surface area contributed by atoms with Gasteiger partial charge in [0.25, 0.3) is 11.8 Å². The number of hydrogen-bond donors (Lipinski definition) is 2. The number of allylic oxidation sites excluding steroid dienone is 2. The normalized spacial score (nSPS) is 24.1. The van der Waals surface area contributed by atoms with Crippen molar-refractivity contribution in [1.82, 2.24) is 15.8 Å². The van der Waals surface area contributed by atoms with Crippen molar-refractivity contribution in [1.29, 1.82) is 0 Å². The van der Waals surface area contributed by atoms with Gasteiger partial charge in [-0.2, -0.15) is 0 Å². The fourth-order valence-electron chi connectivity index (χ4n) is 5.42. The summed E-state index contributed by atoms with van der Waals surface area (Å²) in [5.74, 6) is -3.90. The van der Waals surface area contributed by atoms with Crippen LogP contribution in [0.4, 0.5) is 0 Å². The van der Waals surface area contributed by atoms with Gasteiger partial charge in [0, 0.05) is 17.0 Å². The Balaban J connectivity index is 1.24. The van der Waals surface area contributed by atoms with Gasteiger partial charge in [-0.05, 0) is 48.1 Å². The fraction of sp³-hybridized carbons (Fsp3) is 0.296. The van der Waals surface area contributed by atoms with E-state index in [1.54, 1.807) is 24.3 Å². The van der Waals surface area contributed by atoms with Gasteiger partial charge in [-0.1, -0.05) is 54.1 Å². The van der Waals surface area contributed by atoms with Crippen LogP contribution < -0.4 is 10.9 Å². The molecule has 2 aliphatic carbocycles. The summed E-state index contributed by atoms with van der Waals surface area (Å²) in [6.45, 7) is -0.707. The second-order valence-corrected chi connectivity index (χ2v) is 9.81. The van der Waals surface area contributed by atoms with Crippen molar-refractivity contribution in [3.63, 3.8) is 0 Å². The summed E-state index contributed by atoms with van der Waals surface area (Å²) in [7, 11) is 0. The highest BCUT2D eigenvalue weighted by atomic mass is 35.5. The first-order valence-electron chi connectivity index (χ1n) is 11.9. The van der Waals surface area contributed by atoms with Crippen molar-refractivity contribution >= 4 is 41.2 Å². The Morgan fingerprint density at radius 2 is 1.54 bits per heavy atom. The highest BCUT2D eigenvalue weighted by Crippen LogP contribution is 2.53. The molecule has 10 heteroatoms. The number of rotatable bonds is 7. The molecule has 2 bridgehead atoms. The molecule has 2 N–H and O–H groups in total. The van der Waals surface area contributed by atoms with Crippen molar-refractivity contribution in [3.05, 3.63) is 82.9 Å². The first-order valence-corrected chi connectivity index (χ1v) is 12.3. The molecule has 0 unspecified atom stereocenters. The smallest absolute Gasteiger partial charge is 0.330 e. The molecule has 2 aromatic carbocycles. The average molecular weight is 522 g/mol. The predicted molar refractivity (Wildman–Crippen MR) is 132 cm³/mol. The van der Waals surface area contributed by atoms with E-state index in [-0.39, 0.29) is 35.6 Å². The van der Waals surface area contributed by atoms with Gasteiger partial charge in [-0.3, -0.25) is 34.9 Å². The van der Waals surface area contributed by atoms with Crippen LogP contribution in [0.1, 0.15) is 22.3 Å². The number of fused-ring (bicyclic) bond motifs is 5. The maximum atomic E-state index is 13.3. The molecule has 5 atom stereocenters. The Bertz CT molecular complexity index is 1250. The third-order valence-electron chi connectivity index (χ3n) is 7.13. The molecule has 37 heavy (non-hydrogen) atoms. The second kappa shape index (κ2) is 10.2. The Morgan fingerprint density at radius 1 is 0.919 bits per heavy atom. The number of ether oxygens (including phenoxy) is 1. The Labute approximate surface area is 217 Å². The number of hydrogen-bond acceptors (Lipinski definition) is 6. The summed E-state index contributed by atoms with van der Waals surface area (Å²) in [6, 6.07) is 13.8. The van der Waals surface area contributed by atoms with Crippen LogP contribution >= 0.6 is 11.6 Å². The monoisotopic (exact) mass is 521 g/mol.